The van der Waals surface area contributed by atoms with Gasteiger partial charge in [0.05, 0.1) is 6.54 Å². The number of alkyl halides is 2. The van der Waals surface area contributed by atoms with Gasteiger partial charge in [0, 0.05) is 0 Å². The maximum Gasteiger partial charge on any atom is 0.312 e. The Kier molecular flexibility index (Phi) is 7.60. The summed E-state index contributed by atoms with van der Waals surface area (Å²) < 4.78 is 25.4. The van der Waals surface area contributed by atoms with E-state index in [9.17, 15) is 18.4 Å². The average molecular weight is 285 g/mol. The normalized spacial score (nSPS) is 12.9. The van der Waals surface area contributed by atoms with Crippen LogP contribution in [0.25, 0.3) is 0 Å². The van der Waals surface area contributed by atoms with E-state index in [1.165, 1.54) is 11.8 Å². The molecule has 0 saturated carbocycles. The molecule has 0 fully saturated rings. The van der Waals surface area contributed by atoms with Crippen LogP contribution < -0.4 is 16.4 Å². The van der Waals surface area contributed by atoms with Crippen LogP contribution in [0.4, 0.5) is 13.6 Å². The quantitative estimate of drug-likeness (QED) is 0.483. The van der Waals surface area contributed by atoms with E-state index < -0.39 is 37.1 Å². The lowest BCUT2D eigenvalue weighted by molar-refractivity contribution is -0.125. The van der Waals surface area contributed by atoms with Gasteiger partial charge in [-0.1, -0.05) is 0 Å². The number of aliphatic hydroxyl groups excluding tert-OH is 1. The molecule has 0 aromatic heterocycles. The molecule has 0 aromatic carbocycles. The largest absolute Gasteiger partial charge is 0.390 e. The van der Waals surface area contributed by atoms with E-state index in [-0.39, 0.29) is 6.42 Å². The number of hydrogen-bond donors (Lipinski definition) is 4. The van der Waals surface area contributed by atoms with E-state index in [0.717, 1.165) is 0 Å². The number of hydrogen-bond acceptors (Lipinski definition) is 4. The van der Waals surface area contributed by atoms with Gasteiger partial charge in [0.25, 0.3) is 5.92 Å². The molecule has 0 aliphatic rings. The standard InChI is InChI=1S/C9H17F2N3O3S/c1-18-3-2-6(14-8(12)17)7(16)13-4-9(10,11)5-15/h6,15H,2-5H2,1H3,(H,13,16)(H3,12,14,17). The molecular weight excluding hydrogens is 268 g/mol. The lowest BCUT2D eigenvalue weighted by Gasteiger charge is -2.19. The van der Waals surface area contributed by atoms with E-state index in [0.29, 0.717) is 5.75 Å². The highest BCUT2D eigenvalue weighted by Gasteiger charge is 2.29. The summed E-state index contributed by atoms with van der Waals surface area (Å²) in [6, 6.07) is -1.85. The summed E-state index contributed by atoms with van der Waals surface area (Å²) in [7, 11) is 0. The van der Waals surface area contributed by atoms with Gasteiger partial charge in [-0.2, -0.15) is 11.8 Å². The summed E-state index contributed by atoms with van der Waals surface area (Å²) in [6.07, 6.45) is 2.08. The maximum absolute atomic E-state index is 12.7. The number of urea groups is 1. The predicted molar refractivity (Wildman–Crippen MR) is 64.5 cm³/mol. The van der Waals surface area contributed by atoms with E-state index in [4.69, 9.17) is 10.8 Å². The van der Waals surface area contributed by atoms with Gasteiger partial charge >= 0.3 is 6.03 Å². The Balaban J connectivity index is 4.32. The zero-order valence-corrected chi connectivity index (χ0v) is 10.7. The summed E-state index contributed by atoms with van der Waals surface area (Å²) >= 11 is 1.44. The molecule has 0 saturated heterocycles. The number of aliphatic hydroxyl groups is 1. The molecule has 9 heteroatoms. The zero-order chi connectivity index (χ0) is 14.2. The van der Waals surface area contributed by atoms with Crippen LogP contribution in [0.2, 0.25) is 0 Å². The first-order chi connectivity index (χ1) is 8.32. The number of thioether (sulfide) groups is 1. The predicted octanol–water partition coefficient (Wildman–Crippen LogP) is -0.480. The van der Waals surface area contributed by atoms with Gasteiger partial charge in [-0.25, -0.2) is 13.6 Å². The second-order valence-electron chi connectivity index (χ2n) is 3.57. The fourth-order valence-electron chi connectivity index (χ4n) is 1.07. The highest BCUT2D eigenvalue weighted by atomic mass is 32.2. The van der Waals surface area contributed by atoms with Crippen LogP contribution in [0.5, 0.6) is 0 Å². The number of nitrogens with two attached hydrogens (primary N) is 1. The SMILES string of the molecule is CSCCC(NC(N)=O)C(=O)NCC(F)(F)CO. The molecule has 0 radical (unpaired) electrons. The highest BCUT2D eigenvalue weighted by molar-refractivity contribution is 7.98. The molecule has 0 spiro atoms. The smallest absolute Gasteiger partial charge is 0.312 e. The first kappa shape index (κ1) is 16.9. The first-order valence-corrected chi connectivity index (χ1v) is 6.53. The summed E-state index contributed by atoms with van der Waals surface area (Å²) in [5.41, 5.74) is 4.89. The molecule has 1 atom stereocenters. The third-order valence-corrected chi connectivity index (χ3v) is 2.64. The van der Waals surface area contributed by atoms with Gasteiger partial charge in [0.2, 0.25) is 5.91 Å². The molecule has 1 unspecified atom stereocenters. The minimum Gasteiger partial charge on any atom is -0.390 e. The van der Waals surface area contributed by atoms with Crippen LogP contribution in [0.1, 0.15) is 6.42 Å². The van der Waals surface area contributed by atoms with Gasteiger partial charge in [0.1, 0.15) is 12.6 Å². The third kappa shape index (κ3) is 7.28. The number of carbonyl (C=O) groups excluding carboxylic acids is 2. The van der Waals surface area contributed by atoms with Crippen molar-refractivity contribution in [3.05, 3.63) is 0 Å². The van der Waals surface area contributed by atoms with Gasteiger partial charge in [0.15, 0.2) is 0 Å². The van der Waals surface area contributed by atoms with Gasteiger partial charge < -0.3 is 21.5 Å². The molecule has 0 heterocycles. The van der Waals surface area contributed by atoms with Crippen molar-refractivity contribution in [1.82, 2.24) is 10.6 Å². The lowest BCUT2D eigenvalue weighted by atomic mass is 10.2. The molecule has 6 nitrogen and oxygen atoms in total. The number of rotatable bonds is 8. The van der Waals surface area contributed by atoms with Crippen LogP contribution in [0.3, 0.4) is 0 Å². The lowest BCUT2D eigenvalue weighted by Crippen LogP contribution is -2.51. The molecule has 106 valence electrons. The summed E-state index contributed by atoms with van der Waals surface area (Å²) in [5.74, 6) is -3.57. The van der Waals surface area contributed by atoms with Crippen LogP contribution in [-0.4, -0.2) is 54.2 Å². The Morgan fingerprint density at radius 2 is 2.11 bits per heavy atom. The second kappa shape index (κ2) is 8.09. The Bertz CT molecular complexity index is 292. The van der Waals surface area contributed by atoms with Crippen LogP contribution in [0, 0.1) is 0 Å². The molecule has 0 bridgehead atoms. The number of amides is 3. The van der Waals surface area contributed by atoms with Crippen LogP contribution in [-0.2, 0) is 4.79 Å². The zero-order valence-electron chi connectivity index (χ0n) is 9.91. The van der Waals surface area contributed by atoms with Crippen molar-refractivity contribution in [3.8, 4) is 0 Å². The number of primary amides is 1. The minimum absolute atomic E-state index is 0.278. The first-order valence-electron chi connectivity index (χ1n) is 5.13. The molecule has 3 amide bonds. The maximum atomic E-state index is 12.7. The second-order valence-corrected chi connectivity index (χ2v) is 4.56. The van der Waals surface area contributed by atoms with Gasteiger partial charge in [-0.05, 0) is 18.4 Å². The number of carbonyl (C=O) groups is 2. The van der Waals surface area contributed by atoms with Crippen molar-refractivity contribution >= 4 is 23.7 Å². The summed E-state index contributed by atoms with van der Waals surface area (Å²) in [6.45, 7) is -2.34. The van der Waals surface area contributed by atoms with E-state index in [1.807, 2.05) is 5.32 Å². The highest BCUT2D eigenvalue weighted by Crippen LogP contribution is 2.10. The average Bonchev–Trinajstić information content (AvgIpc) is 2.31. The molecular formula is C9H17F2N3O3S. The fraction of sp³-hybridized carbons (Fsp3) is 0.778. The molecule has 18 heavy (non-hydrogen) atoms. The van der Waals surface area contributed by atoms with Crippen LogP contribution in [0.15, 0.2) is 0 Å². The van der Waals surface area contributed by atoms with Crippen LogP contribution >= 0.6 is 11.8 Å². The van der Waals surface area contributed by atoms with Crippen molar-refractivity contribution in [2.24, 2.45) is 5.73 Å². The van der Waals surface area contributed by atoms with Crippen molar-refractivity contribution in [3.63, 3.8) is 0 Å². The van der Waals surface area contributed by atoms with Crippen molar-refractivity contribution < 1.29 is 23.5 Å². The summed E-state index contributed by atoms with van der Waals surface area (Å²) in [5, 5.41) is 12.5. The fourth-order valence-corrected chi connectivity index (χ4v) is 1.54. The minimum atomic E-state index is -3.38. The topological polar surface area (TPSA) is 104 Å². The van der Waals surface area contributed by atoms with Gasteiger partial charge in [-0.3, -0.25) is 4.79 Å². The van der Waals surface area contributed by atoms with Crippen molar-refractivity contribution in [1.29, 1.82) is 0 Å². The Labute approximate surface area is 108 Å². The van der Waals surface area contributed by atoms with Crippen molar-refractivity contribution in [2.45, 2.75) is 18.4 Å². The molecule has 0 aliphatic carbocycles. The molecule has 0 aromatic rings. The monoisotopic (exact) mass is 285 g/mol. The summed E-state index contributed by atoms with van der Waals surface area (Å²) in [4.78, 5) is 22.2. The number of halogens is 2. The Hall–Kier alpha value is -1.09. The molecule has 0 rings (SSSR count). The molecule has 0 aliphatic heterocycles. The third-order valence-electron chi connectivity index (χ3n) is 2.00. The van der Waals surface area contributed by atoms with Gasteiger partial charge in [-0.15, -0.1) is 0 Å². The van der Waals surface area contributed by atoms with E-state index in [1.54, 1.807) is 6.26 Å². The van der Waals surface area contributed by atoms with E-state index >= 15 is 0 Å². The Morgan fingerprint density at radius 1 is 1.50 bits per heavy atom. The van der Waals surface area contributed by atoms with E-state index in [2.05, 4.69) is 5.32 Å². The Morgan fingerprint density at radius 3 is 2.56 bits per heavy atom. The number of nitrogens with one attached hydrogen (secondary N) is 2. The van der Waals surface area contributed by atoms with Crippen molar-refractivity contribution in [2.75, 3.05) is 25.2 Å². The molecule has 5 N–H and O–H groups in total.